The Hall–Kier alpha value is -2.74. The lowest BCUT2D eigenvalue weighted by atomic mass is 9.75. The van der Waals surface area contributed by atoms with Crippen molar-refractivity contribution >= 4 is 11.8 Å². The molecule has 0 unspecified atom stereocenters. The third-order valence-electron chi connectivity index (χ3n) is 13.0. The number of benzene rings is 2. The summed E-state index contributed by atoms with van der Waals surface area (Å²) >= 11 is 0. The van der Waals surface area contributed by atoms with Crippen LogP contribution in [0.1, 0.15) is 183 Å². The van der Waals surface area contributed by atoms with Crippen molar-refractivity contribution < 1.29 is 19.1 Å². The van der Waals surface area contributed by atoms with Crippen molar-refractivity contribution in [2.75, 3.05) is 66.6 Å². The second-order valence-electron chi connectivity index (χ2n) is 24.4. The second kappa shape index (κ2) is 25.8. The van der Waals surface area contributed by atoms with Gasteiger partial charge in [-0.2, -0.15) is 0 Å². The van der Waals surface area contributed by atoms with Gasteiger partial charge in [0.2, 0.25) is 0 Å². The van der Waals surface area contributed by atoms with Crippen molar-refractivity contribution in [2.45, 2.75) is 163 Å². The van der Waals surface area contributed by atoms with Crippen LogP contribution >= 0.6 is 0 Å². The zero-order valence-corrected chi connectivity index (χ0v) is 43.4. The van der Waals surface area contributed by atoms with Gasteiger partial charge in [0.25, 0.3) is 11.8 Å². The number of aryl methyl sites for hydroxylation is 1. The maximum atomic E-state index is 12.0. The summed E-state index contributed by atoms with van der Waals surface area (Å²) in [6.07, 6.45) is 8.43. The molecule has 0 atom stereocenters. The van der Waals surface area contributed by atoms with E-state index in [4.69, 9.17) is 9.47 Å². The van der Waals surface area contributed by atoms with Crippen LogP contribution in [0, 0.1) is 51.8 Å². The maximum absolute atomic E-state index is 12.0. The highest BCUT2D eigenvalue weighted by Gasteiger charge is 2.36. The molecule has 0 radical (unpaired) electrons. The number of carbonyl (C=O) groups excluding carboxylic acids is 2. The molecule has 0 aromatic heterocycles. The minimum absolute atomic E-state index is 0. The zero-order chi connectivity index (χ0) is 47.1. The molecule has 3 fully saturated rings. The number of carbonyl (C=O) groups is 2. The summed E-state index contributed by atoms with van der Waals surface area (Å²) in [6.45, 7) is 44.7. The minimum Gasteiger partial charge on any atom is -0.494 e. The van der Waals surface area contributed by atoms with Gasteiger partial charge in [0.1, 0.15) is 5.75 Å². The fourth-order valence-corrected chi connectivity index (χ4v) is 8.00. The molecular weight excluding hydrogens is 779 g/mol. The van der Waals surface area contributed by atoms with E-state index < -0.39 is 0 Å². The van der Waals surface area contributed by atoms with Gasteiger partial charge in [-0.3, -0.25) is 14.5 Å². The molecule has 362 valence electrons. The topological polar surface area (TPSA) is 62.3 Å². The predicted octanol–water partition coefficient (Wildman–Crippen LogP) is 14.0. The number of likely N-dealkylation sites (tertiary alicyclic amines) is 2. The number of hydrogen-bond acceptors (Lipinski definition) is 6. The number of ether oxygens (including phenoxy) is 2. The first-order valence-electron chi connectivity index (χ1n) is 24.1. The monoisotopic (exact) mass is 878 g/mol. The van der Waals surface area contributed by atoms with Gasteiger partial charge in [0.15, 0.2) is 0 Å². The fraction of sp³-hybridized carbons (Fsp3) is 0.750. The first-order valence-corrected chi connectivity index (χ1v) is 24.1. The molecule has 6 rings (SSSR count). The Labute approximate surface area is 389 Å². The summed E-state index contributed by atoms with van der Waals surface area (Å²) in [4.78, 5) is 30.2. The van der Waals surface area contributed by atoms with E-state index in [1.807, 2.05) is 12.1 Å². The van der Waals surface area contributed by atoms with Gasteiger partial charge in [-0.1, -0.05) is 141 Å². The normalized spacial score (nSPS) is 18.2. The summed E-state index contributed by atoms with van der Waals surface area (Å²) < 4.78 is 11.0. The molecule has 7 nitrogen and oxygen atoms in total. The molecule has 0 spiro atoms. The average Bonchev–Trinajstić information content (AvgIpc) is 3.40. The van der Waals surface area contributed by atoms with Crippen LogP contribution in [0.2, 0.25) is 0 Å². The zero-order valence-electron chi connectivity index (χ0n) is 43.4. The summed E-state index contributed by atoms with van der Waals surface area (Å²) in [7, 11) is 4.40. The number of piperidine rings is 1. The van der Waals surface area contributed by atoms with Crippen molar-refractivity contribution in [3.63, 3.8) is 0 Å². The SMILES string of the molecule is C.CC(C)(C)C1CCOCC1.CC(C)(C)CCN1C(=O)c2ccccc2C1=O.CN1CC(C(C)(C)C)C1.CN1CCC(C(C)(C)C)CC1.Cc1ccc(OCCCC(C)(C)C)cc1. The van der Waals surface area contributed by atoms with Crippen LogP contribution in [0.15, 0.2) is 48.5 Å². The molecule has 2 aromatic rings. The molecule has 0 aliphatic carbocycles. The number of nitrogens with zero attached hydrogens (tertiary/aromatic N) is 3. The lowest BCUT2D eigenvalue weighted by Gasteiger charge is -2.44. The lowest BCUT2D eigenvalue weighted by molar-refractivity contribution is 0.0286. The van der Waals surface area contributed by atoms with E-state index in [0.717, 1.165) is 56.2 Å². The van der Waals surface area contributed by atoms with Crippen LogP contribution in [-0.2, 0) is 4.74 Å². The van der Waals surface area contributed by atoms with E-state index in [0.29, 0.717) is 39.3 Å². The smallest absolute Gasteiger partial charge is 0.261 e. The van der Waals surface area contributed by atoms with Gasteiger partial charge in [0, 0.05) is 32.8 Å². The Morgan fingerprint density at radius 3 is 1.38 bits per heavy atom. The van der Waals surface area contributed by atoms with E-state index in [1.54, 1.807) is 24.3 Å². The number of amides is 2. The third kappa shape index (κ3) is 22.8. The summed E-state index contributed by atoms with van der Waals surface area (Å²) in [5.74, 6) is 3.42. The van der Waals surface area contributed by atoms with Gasteiger partial charge in [-0.25, -0.2) is 0 Å². The van der Waals surface area contributed by atoms with Crippen molar-refractivity contribution in [3.05, 3.63) is 65.2 Å². The van der Waals surface area contributed by atoms with Gasteiger partial charge < -0.3 is 19.3 Å². The van der Waals surface area contributed by atoms with Crippen LogP contribution in [0.3, 0.4) is 0 Å². The van der Waals surface area contributed by atoms with E-state index in [9.17, 15) is 9.59 Å². The minimum atomic E-state index is -0.158. The molecule has 63 heavy (non-hydrogen) atoms. The van der Waals surface area contributed by atoms with Gasteiger partial charge >= 0.3 is 0 Å². The third-order valence-corrected chi connectivity index (χ3v) is 13.0. The Kier molecular flexibility index (Phi) is 23.9. The first kappa shape index (κ1) is 58.3. The maximum Gasteiger partial charge on any atom is 0.261 e. The van der Waals surface area contributed by atoms with Gasteiger partial charge in [-0.05, 0) is 148 Å². The average molecular weight is 878 g/mol. The first-order chi connectivity index (χ1) is 28.5. The number of hydrogen-bond donors (Lipinski definition) is 0. The van der Waals surface area contributed by atoms with E-state index in [1.165, 1.54) is 68.7 Å². The van der Waals surface area contributed by atoms with Crippen molar-refractivity contribution in [2.24, 2.45) is 44.8 Å². The molecule has 0 bridgehead atoms. The molecule has 7 heteroatoms. The predicted molar refractivity (Wildman–Crippen MR) is 271 cm³/mol. The number of imide groups is 1. The molecule has 3 saturated heterocycles. The molecule has 2 aromatic carbocycles. The molecule has 4 aliphatic heterocycles. The Bertz CT molecular complexity index is 1540. The van der Waals surface area contributed by atoms with Crippen LogP contribution in [-0.4, -0.2) is 93.2 Å². The van der Waals surface area contributed by atoms with E-state index >= 15 is 0 Å². The quantitative estimate of drug-likeness (QED) is 0.213. The highest BCUT2D eigenvalue weighted by Crippen LogP contribution is 2.35. The van der Waals surface area contributed by atoms with Crippen LogP contribution in [0.4, 0.5) is 0 Å². The molecule has 4 heterocycles. The lowest BCUT2D eigenvalue weighted by Crippen LogP contribution is -2.49. The Morgan fingerprint density at radius 2 is 1.02 bits per heavy atom. The largest absolute Gasteiger partial charge is 0.494 e. The fourth-order valence-electron chi connectivity index (χ4n) is 8.00. The number of rotatable bonds is 6. The van der Waals surface area contributed by atoms with Crippen LogP contribution in [0.5, 0.6) is 5.75 Å². The molecule has 0 saturated carbocycles. The standard InChI is InChI=1S/C14H17NO2.C14H22O.C10H21N.C9H18O.C8H17N.CH4/c1-14(2,3)8-9-15-12(16)10-6-4-5-7-11(10)13(15)17;1-12-6-8-13(9-7-12)15-11-5-10-14(2,3)4;1-10(2,3)9-5-7-11(4)8-6-9;1-9(2,3)8-4-6-10-7-5-8;1-8(2,3)7-5-9(4)6-7;/h4-7H,8-9H2,1-3H3;6-9H,5,10-11H2,1-4H3;9H,5-8H2,1-4H3;8H,4-7H2,1-3H3;7H,5-6H2,1-4H3;1H4. The Balaban J connectivity index is 0.000000400. The molecular formula is C56H99N3O4. The number of fused-ring (bicyclic) bond motifs is 1. The van der Waals surface area contributed by atoms with Gasteiger partial charge in [0.05, 0.1) is 17.7 Å². The highest BCUT2D eigenvalue weighted by atomic mass is 16.5. The van der Waals surface area contributed by atoms with Crippen molar-refractivity contribution in [3.8, 4) is 5.75 Å². The van der Waals surface area contributed by atoms with Crippen molar-refractivity contribution in [1.82, 2.24) is 14.7 Å². The van der Waals surface area contributed by atoms with Crippen LogP contribution < -0.4 is 4.74 Å². The molecule has 2 amide bonds. The van der Waals surface area contributed by atoms with Gasteiger partial charge in [-0.15, -0.1) is 0 Å². The van der Waals surface area contributed by atoms with Crippen LogP contribution in [0.25, 0.3) is 0 Å². The summed E-state index contributed by atoms with van der Waals surface area (Å²) in [5, 5.41) is 0. The van der Waals surface area contributed by atoms with Crippen molar-refractivity contribution in [1.29, 1.82) is 0 Å². The Morgan fingerprint density at radius 1 is 0.587 bits per heavy atom. The summed E-state index contributed by atoms with van der Waals surface area (Å²) in [5.41, 5.74) is 4.43. The van der Waals surface area contributed by atoms with E-state index in [2.05, 4.69) is 147 Å². The highest BCUT2D eigenvalue weighted by molar-refractivity contribution is 6.21. The molecule has 4 aliphatic rings. The molecule has 0 N–H and O–H groups in total. The second-order valence-corrected chi connectivity index (χ2v) is 24.4. The van der Waals surface area contributed by atoms with E-state index in [-0.39, 0.29) is 24.7 Å². The summed E-state index contributed by atoms with van der Waals surface area (Å²) in [6, 6.07) is 15.2.